The first-order chi connectivity index (χ1) is 12.8. The molecular weight excluding hydrogens is 379 g/mol. The summed E-state index contributed by atoms with van der Waals surface area (Å²) in [6.45, 7) is 0.121. The largest absolute Gasteiger partial charge is 0.501 e. The van der Waals surface area contributed by atoms with Crippen molar-refractivity contribution in [2.45, 2.75) is 35.8 Å². The molecular formula is C18H16F3N3O2S. The lowest BCUT2D eigenvalue weighted by Crippen LogP contribution is -2.24. The van der Waals surface area contributed by atoms with Gasteiger partial charge in [-0.2, -0.15) is 13.2 Å². The molecule has 4 rings (SSSR count). The van der Waals surface area contributed by atoms with Crippen molar-refractivity contribution in [3.05, 3.63) is 54.4 Å². The van der Waals surface area contributed by atoms with Crippen molar-refractivity contribution >= 4 is 26.6 Å². The lowest BCUT2D eigenvalue weighted by atomic mass is 10.3. The molecule has 1 saturated carbocycles. The Labute approximate surface area is 153 Å². The predicted molar refractivity (Wildman–Crippen MR) is 95.0 cm³/mol. The van der Waals surface area contributed by atoms with Gasteiger partial charge < -0.3 is 9.88 Å². The second kappa shape index (κ2) is 6.26. The van der Waals surface area contributed by atoms with Gasteiger partial charge in [-0.1, -0.05) is 24.3 Å². The van der Waals surface area contributed by atoms with Crippen molar-refractivity contribution in [1.29, 1.82) is 0 Å². The number of para-hydroxylation sites is 3. The second-order valence-corrected chi connectivity index (χ2v) is 8.33. The summed E-state index contributed by atoms with van der Waals surface area (Å²) < 4.78 is 64.6. The average Bonchev–Trinajstić information content (AvgIpc) is 3.39. The van der Waals surface area contributed by atoms with Gasteiger partial charge in [-0.25, -0.2) is 13.4 Å². The highest BCUT2D eigenvalue weighted by atomic mass is 32.2. The number of hydrogen-bond donors (Lipinski definition) is 1. The molecule has 0 amide bonds. The number of benzene rings is 2. The molecule has 0 spiro atoms. The molecule has 27 heavy (non-hydrogen) atoms. The van der Waals surface area contributed by atoms with Crippen molar-refractivity contribution in [2.75, 3.05) is 5.32 Å². The Morgan fingerprint density at radius 2 is 1.74 bits per heavy atom. The Hall–Kier alpha value is -2.55. The van der Waals surface area contributed by atoms with Crippen LogP contribution >= 0.6 is 0 Å². The third kappa shape index (κ3) is 3.16. The molecule has 1 aromatic heterocycles. The lowest BCUT2D eigenvalue weighted by molar-refractivity contribution is -0.0435. The van der Waals surface area contributed by atoms with E-state index in [1.54, 1.807) is 0 Å². The predicted octanol–water partition coefficient (Wildman–Crippen LogP) is 4.28. The van der Waals surface area contributed by atoms with Crippen LogP contribution in [0.2, 0.25) is 0 Å². The van der Waals surface area contributed by atoms with Crippen LogP contribution in [0.25, 0.3) is 11.0 Å². The first-order valence-corrected chi connectivity index (χ1v) is 9.87. The zero-order chi connectivity index (χ0) is 19.2. The number of sulfone groups is 1. The van der Waals surface area contributed by atoms with E-state index in [1.807, 2.05) is 24.3 Å². The quantitative estimate of drug-likeness (QED) is 0.701. The Morgan fingerprint density at radius 1 is 1.07 bits per heavy atom. The second-order valence-electron chi connectivity index (χ2n) is 6.42. The number of anilines is 1. The number of hydrogen-bond acceptors (Lipinski definition) is 4. The maximum Gasteiger partial charge on any atom is 0.501 e. The van der Waals surface area contributed by atoms with Crippen LogP contribution in [0.4, 0.5) is 18.9 Å². The number of rotatable bonds is 5. The summed E-state index contributed by atoms with van der Waals surface area (Å²) in [5, 5.41) is 2.83. The Bertz CT molecular complexity index is 1100. The molecule has 1 N–H and O–H groups in total. The summed E-state index contributed by atoms with van der Waals surface area (Å²) in [6.07, 6.45) is 2.04. The standard InChI is InChI=1S/C18H16F3N3O2S/c19-18(20,21)27(25,26)16-8-4-2-6-14(16)22-11-17-23-13-5-1-3-7-15(13)24(17)12-9-10-12/h1-8,12,22H,9-11H2. The summed E-state index contributed by atoms with van der Waals surface area (Å²) in [4.78, 5) is 3.77. The smallest absolute Gasteiger partial charge is 0.377 e. The number of fused-ring (bicyclic) bond motifs is 1. The van der Waals surface area contributed by atoms with E-state index < -0.39 is 20.2 Å². The van der Waals surface area contributed by atoms with Crippen LogP contribution in [0, 0.1) is 0 Å². The van der Waals surface area contributed by atoms with Crippen molar-refractivity contribution < 1.29 is 21.6 Å². The van der Waals surface area contributed by atoms with Gasteiger partial charge in [0.25, 0.3) is 9.84 Å². The van der Waals surface area contributed by atoms with E-state index in [1.165, 1.54) is 18.2 Å². The Morgan fingerprint density at radius 3 is 2.44 bits per heavy atom. The van der Waals surface area contributed by atoms with E-state index in [4.69, 9.17) is 0 Å². The molecule has 142 valence electrons. The summed E-state index contributed by atoms with van der Waals surface area (Å²) in [5.74, 6) is 0.665. The Balaban J connectivity index is 1.68. The average molecular weight is 395 g/mol. The van der Waals surface area contributed by atoms with E-state index in [2.05, 4.69) is 14.9 Å². The summed E-state index contributed by atoms with van der Waals surface area (Å²) in [6, 6.07) is 13.0. The van der Waals surface area contributed by atoms with Gasteiger partial charge in [-0.05, 0) is 37.1 Å². The van der Waals surface area contributed by atoms with E-state index in [-0.39, 0.29) is 12.2 Å². The minimum Gasteiger partial charge on any atom is -0.377 e. The summed E-state index contributed by atoms with van der Waals surface area (Å²) in [5.41, 5.74) is -3.68. The molecule has 0 bridgehead atoms. The van der Waals surface area contributed by atoms with Crippen molar-refractivity contribution in [3.63, 3.8) is 0 Å². The fraction of sp³-hybridized carbons (Fsp3) is 0.278. The molecule has 3 aromatic rings. The van der Waals surface area contributed by atoms with Gasteiger partial charge in [-0.15, -0.1) is 0 Å². The van der Waals surface area contributed by atoms with Gasteiger partial charge in [0.05, 0.1) is 28.2 Å². The molecule has 5 nitrogen and oxygen atoms in total. The third-order valence-electron chi connectivity index (χ3n) is 4.50. The molecule has 1 fully saturated rings. The lowest BCUT2D eigenvalue weighted by Gasteiger charge is -2.14. The first-order valence-electron chi connectivity index (χ1n) is 8.39. The molecule has 0 radical (unpaired) electrons. The maximum atomic E-state index is 12.9. The minimum absolute atomic E-state index is 0.0933. The molecule has 0 unspecified atom stereocenters. The van der Waals surface area contributed by atoms with Crippen LogP contribution in [0.5, 0.6) is 0 Å². The number of alkyl halides is 3. The van der Waals surface area contributed by atoms with E-state index in [9.17, 15) is 21.6 Å². The minimum atomic E-state index is -5.44. The topological polar surface area (TPSA) is 64.0 Å². The van der Waals surface area contributed by atoms with Crippen LogP contribution in [0.1, 0.15) is 24.7 Å². The van der Waals surface area contributed by atoms with Crippen LogP contribution in [-0.4, -0.2) is 23.5 Å². The number of aromatic nitrogens is 2. The highest BCUT2D eigenvalue weighted by Gasteiger charge is 2.47. The maximum absolute atomic E-state index is 12.9. The van der Waals surface area contributed by atoms with E-state index >= 15 is 0 Å². The van der Waals surface area contributed by atoms with Crippen LogP contribution < -0.4 is 5.32 Å². The third-order valence-corrected chi connectivity index (χ3v) is 6.04. The normalized spacial score (nSPS) is 15.2. The van der Waals surface area contributed by atoms with E-state index in [0.29, 0.717) is 11.9 Å². The molecule has 9 heteroatoms. The molecule has 0 atom stereocenters. The van der Waals surface area contributed by atoms with Crippen LogP contribution in [0.15, 0.2) is 53.4 Å². The SMILES string of the molecule is O=S(=O)(c1ccccc1NCc1nc2ccccc2n1C1CC1)C(F)(F)F. The zero-order valence-corrected chi connectivity index (χ0v) is 14.9. The summed E-state index contributed by atoms with van der Waals surface area (Å²) in [7, 11) is -5.44. The molecule has 2 aromatic carbocycles. The number of imidazole rings is 1. The molecule has 0 saturated heterocycles. The van der Waals surface area contributed by atoms with E-state index in [0.717, 1.165) is 29.9 Å². The summed E-state index contributed by atoms with van der Waals surface area (Å²) >= 11 is 0. The van der Waals surface area contributed by atoms with Crippen molar-refractivity contribution in [1.82, 2.24) is 9.55 Å². The van der Waals surface area contributed by atoms with Crippen LogP contribution in [-0.2, 0) is 16.4 Å². The van der Waals surface area contributed by atoms with Gasteiger partial charge in [0.15, 0.2) is 0 Å². The van der Waals surface area contributed by atoms with Gasteiger partial charge in [-0.3, -0.25) is 0 Å². The van der Waals surface area contributed by atoms with Gasteiger partial charge >= 0.3 is 5.51 Å². The highest BCUT2D eigenvalue weighted by Crippen LogP contribution is 2.39. The van der Waals surface area contributed by atoms with Crippen molar-refractivity contribution in [3.8, 4) is 0 Å². The highest BCUT2D eigenvalue weighted by molar-refractivity contribution is 7.92. The number of nitrogens with one attached hydrogen (secondary N) is 1. The molecule has 0 aliphatic heterocycles. The number of nitrogens with zero attached hydrogens (tertiary/aromatic N) is 2. The fourth-order valence-electron chi connectivity index (χ4n) is 3.11. The van der Waals surface area contributed by atoms with Crippen molar-refractivity contribution in [2.24, 2.45) is 0 Å². The number of halogens is 3. The Kier molecular flexibility index (Phi) is 4.14. The van der Waals surface area contributed by atoms with Gasteiger partial charge in [0.1, 0.15) is 5.82 Å². The fourth-order valence-corrected chi connectivity index (χ4v) is 4.04. The van der Waals surface area contributed by atoms with Gasteiger partial charge in [0, 0.05) is 6.04 Å². The zero-order valence-electron chi connectivity index (χ0n) is 14.1. The molecule has 1 aliphatic rings. The monoisotopic (exact) mass is 395 g/mol. The van der Waals surface area contributed by atoms with Crippen LogP contribution in [0.3, 0.4) is 0 Å². The van der Waals surface area contributed by atoms with Gasteiger partial charge in [0.2, 0.25) is 0 Å². The first kappa shape index (κ1) is 17.8. The molecule has 1 aliphatic carbocycles. The molecule has 1 heterocycles.